The van der Waals surface area contributed by atoms with Crippen LogP contribution in [0, 0.1) is 10.1 Å². The minimum Gasteiger partial charge on any atom is -0.317 e. The molecule has 0 amide bonds. The quantitative estimate of drug-likeness (QED) is 0.467. The van der Waals surface area contributed by atoms with Crippen LogP contribution >= 0.6 is 0 Å². The zero-order chi connectivity index (χ0) is 16.8. The Labute approximate surface area is 140 Å². The van der Waals surface area contributed by atoms with E-state index in [1.807, 2.05) is 72.9 Å². The molecule has 0 aliphatic rings. The third-order valence-electron chi connectivity index (χ3n) is 3.59. The van der Waals surface area contributed by atoms with Crippen LogP contribution in [0.2, 0.25) is 0 Å². The van der Waals surface area contributed by atoms with Gasteiger partial charge in [-0.05, 0) is 48.0 Å². The fourth-order valence-electron chi connectivity index (χ4n) is 2.37. The number of para-hydroxylation sites is 2. The van der Waals surface area contributed by atoms with Crippen molar-refractivity contribution >= 4 is 23.1 Å². The first-order valence-electron chi connectivity index (χ1n) is 7.56. The highest BCUT2D eigenvalue weighted by Crippen LogP contribution is 2.26. The summed E-state index contributed by atoms with van der Waals surface area (Å²) in [6.07, 6.45) is 3.90. The Morgan fingerprint density at radius 1 is 0.750 bits per heavy atom. The number of hydrogen-bond donors (Lipinski definition) is 0. The van der Waals surface area contributed by atoms with Crippen molar-refractivity contribution in [1.82, 2.24) is 0 Å². The van der Waals surface area contributed by atoms with Gasteiger partial charge in [-0.2, -0.15) is 0 Å². The summed E-state index contributed by atoms with van der Waals surface area (Å²) in [6, 6.07) is 26.6. The standard InChI is InChI=1S/C20H16N2O2/c23-22(24)20-13-11-17(12-14-20)15-16-21(18-7-3-1-4-8-18)19-9-5-2-6-10-19/h1-16H. The number of hydrogen-bond acceptors (Lipinski definition) is 3. The Bertz CT molecular complexity index is 789. The molecule has 0 unspecified atom stereocenters. The summed E-state index contributed by atoms with van der Waals surface area (Å²) >= 11 is 0. The van der Waals surface area contributed by atoms with Gasteiger partial charge in [0.15, 0.2) is 0 Å². The van der Waals surface area contributed by atoms with Crippen molar-refractivity contribution in [3.63, 3.8) is 0 Å². The number of benzene rings is 3. The van der Waals surface area contributed by atoms with E-state index in [2.05, 4.69) is 4.90 Å². The Hall–Kier alpha value is -3.40. The number of nitrogens with zero attached hydrogens (tertiary/aromatic N) is 2. The van der Waals surface area contributed by atoms with Gasteiger partial charge in [-0.15, -0.1) is 0 Å². The molecule has 0 radical (unpaired) electrons. The molecular formula is C20H16N2O2. The molecule has 0 heterocycles. The molecule has 0 bridgehead atoms. The van der Waals surface area contributed by atoms with Crippen LogP contribution in [0.3, 0.4) is 0 Å². The number of nitro benzene ring substituents is 1. The Morgan fingerprint density at radius 2 is 1.25 bits per heavy atom. The molecule has 0 atom stereocenters. The van der Waals surface area contributed by atoms with Crippen molar-refractivity contribution < 1.29 is 4.92 Å². The van der Waals surface area contributed by atoms with E-state index < -0.39 is 4.92 Å². The molecule has 0 N–H and O–H groups in total. The lowest BCUT2D eigenvalue weighted by atomic mass is 10.2. The molecule has 4 heteroatoms. The average molecular weight is 316 g/mol. The zero-order valence-corrected chi connectivity index (χ0v) is 12.9. The monoisotopic (exact) mass is 316 g/mol. The second-order valence-electron chi connectivity index (χ2n) is 5.21. The molecule has 0 aliphatic carbocycles. The molecule has 24 heavy (non-hydrogen) atoms. The summed E-state index contributed by atoms with van der Waals surface area (Å²) in [5.74, 6) is 0. The SMILES string of the molecule is O=[N+]([O-])c1ccc(C=CN(c2ccccc2)c2ccccc2)cc1. The second kappa shape index (κ2) is 7.24. The smallest absolute Gasteiger partial charge is 0.269 e. The maximum Gasteiger partial charge on any atom is 0.269 e. The number of rotatable bonds is 5. The molecule has 118 valence electrons. The Balaban J connectivity index is 1.90. The molecule has 3 rings (SSSR count). The van der Waals surface area contributed by atoms with Gasteiger partial charge < -0.3 is 4.90 Å². The maximum absolute atomic E-state index is 10.7. The Morgan fingerprint density at radius 3 is 1.71 bits per heavy atom. The van der Waals surface area contributed by atoms with Crippen molar-refractivity contribution in [2.75, 3.05) is 4.90 Å². The van der Waals surface area contributed by atoms with Crippen LogP contribution < -0.4 is 4.90 Å². The predicted octanol–water partition coefficient (Wildman–Crippen LogP) is 5.40. The lowest BCUT2D eigenvalue weighted by Crippen LogP contribution is -2.07. The molecule has 0 aliphatic heterocycles. The van der Waals surface area contributed by atoms with E-state index in [9.17, 15) is 10.1 Å². The maximum atomic E-state index is 10.7. The molecule has 0 saturated heterocycles. The first-order valence-corrected chi connectivity index (χ1v) is 7.56. The van der Waals surface area contributed by atoms with Crippen LogP contribution in [0.15, 0.2) is 91.1 Å². The summed E-state index contributed by atoms with van der Waals surface area (Å²) in [7, 11) is 0. The lowest BCUT2D eigenvalue weighted by molar-refractivity contribution is -0.384. The van der Waals surface area contributed by atoms with E-state index in [1.54, 1.807) is 12.1 Å². The van der Waals surface area contributed by atoms with Gasteiger partial charge in [-0.3, -0.25) is 10.1 Å². The van der Waals surface area contributed by atoms with Crippen LogP contribution in [-0.2, 0) is 0 Å². The first-order chi connectivity index (χ1) is 11.7. The van der Waals surface area contributed by atoms with Gasteiger partial charge in [0.25, 0.3) is 5.69 Å². The normalized spacial score (nSPS) is 10.7. The van der Waals surface area contributed by atoms with Crippen molar-refractivity contribution in [2.24, 2.45) is 0 Å². The van der Waals surface area contributed by atoms with Crippen LogP contribution in [0.25, 0.3) is 6.08 Å². The largest absolute Gasteiger partial charge is 0.317 e. The van der Waals surface area contributed by atoms with E-state index in [0.717, 1.165) is 16.9 Å². The number of nitro groups is 1. The average Bonchev–Trinajstić information content (AvgIpc) is 2.64. The van der Waals surface area contributed by atoms with Crippen molar-refractivity contribution in [3.05, 3.63) is 107 Å². The zero-order valence-electron chi connectivity index (χ0n) is 12.9. The fraction of sp³-hybridized carbons (Fsp3) is 0. The van der Waals surface area contributed by atoms with E-state index in [0.29, 0.717) is 0 Å². The first kappa shape index (κ1) is 15.5. The van der Waals surface area contributed by atoms with Gasteiger partial charge in [0.05, 0.1) is 4.92 Å². The van der Waals surface area contributed by atoms with E-state index in [4.69, 9.17) is 0 Å². The van der Waals surface area contributed by atoms with Gasteiger partial charge in [0.1, 0.15) is 0 Å². The predicted molar refractivity (Wildman–Crippen MR) is 97.2 cm³/mol. The lowest BCUT2D eigenvalue weighted by Gasteiger charge is -2.20. The molecule has 3 aromatic carbocycles. The molecule has 4 nitrogen and oxygen atoms in total. The van der Waals surface area contributed by atoms with Gasteiger partial charge in [-0.25, -0.2) is 0 Å². The molecule has 3 aromatic rings. The molecule has 0 fully saturated rings. The highest BCUT2D eigenvalue weighted by Gasteiger charge is 2.06. The van der Waals surface area contributed by atoms with Crippen molar-refractivity contribution in [3.8, 4) is 0 Å². The van der Waals surface area contributed by atoms with Crippen LogP contribution in [-0.4, -0.2) is 4.92 Å². The molecule has 0 spiro atoms. The summed E-state index contributed by atoms with van der Waals surface area (Å²) in [5.41, 5.74) is 3.08. The molecular weight excluding hydrogens is 300 g/mol. The van der Waals surface area contributed by atoms with Crippen LogP contribution in [0.4, 0.5) is 17.1 Å². The summed E-state index contributed by atoms with van der Waals surface area (Å²) in [4.78, 5) is 12.4. The summed E-state index contributed by atoms with van der Waals surface area (Å²) in [5, 5.41) is 10.7. The highest BCUT2D eigenvalue weighted by atomic mass is 16.6. The summed E-state index contributed by atoms with van der Waals surface area (Å²) < 4.78 is 0. The van der Waals surface area contributed by atoms with Gasteiger partial charge >= 0.3 is 0 Å². The van der Waals surface area contributed by atoms with Gasteiger partial charge in [0, 0.05) is 29.7 Å². The minimum atomic E-state index is -0.395. The number of non-ortho nitro benzene ring substituents is 1. The third-order valence-corrected chi connectivity index (χ3v) is 3.59. The summed E-state index contributed by atoms with van der Waals surface area (Å²) in [6.45, 7) is 0. The van der Waals surface area contributed by atoms with Crippen LogP contribution in [0.1, 0.15) is 5.56 Å². The molecule has 0 saturated carbocycles. The fourth-order valence-corrected chi connectivity index (χ4v) is 2.37. The third kappa shape index (κ3) is 3.67. The topological polar surface area (TPSA) is 46.4 Å². The van der Waals surface area contributed by atoms with Gasteiger partial charge in [0.2, 0.25) is 0 Å². The van der Waals surface area contributed by atoms with Gasteiger partial charge in [-0.1, -0.05) is 36.4 Å². The second-order valence-corrected chi connectivity index (χ2v) is 5.21. The number of anilines is 2. The van der Waals surface area contributed by atoms with E-state index in [1.165, 1.54) is 12.1 Å². The highest BCUT2D eigenvalue weighted by molar-refractivity contribution is 5.69. The van der Waals surface area contributed by atoms with E-state index >= 15 is 0 Å². The van der Waals surface area contributed by atoms with Crippen molar-refractivity contribution in [2.45, 2.75) is 0 Å². The Kier molecular flexibility index (Phi) is 4.68. The minimum absolute atomic E-state index is 0.0927. The van der Waals surface area contributed by atoms with E-state index in [-0.39, 0.29) is 5.69 Å². The van der Waals surface area contributed by atoms with Crippen LogP contribution in [0.5, 0.6) is 0 Å². The molecule has 0 aromatic heterocycles. The van der Waals surface area contributed by atoms with Crippen molar-refractivity contribution in [1.29, 1.82) is 0 Å².